The van der Waals surface area contributed by atoms with Crippen molar-refractivity contribution in [1.29, 1.82) is 0 Å². The highest BCUT2D eigenvalue weighted by atomic mass is 32.2. The number of aromatic nitrogens is 2. The van der Waals surface area contributed by atoms with Crippen LogP contribution in [0.2, 0.25) is 0 Å². The quantitative estimate of drug-likeness (QED) is 0.324. The van der Waals surface area contributed by atoms with Crippen molar-refractivity contribution in [3.8, 4) is 11.5 Å². The van der Waals surface area contributed by atoms with E-state index < -0.39 is 0 Å². The number of amides is 1. The summed E-state index contributed by atoms with van der Waals surface area (Å²) in [6, 6.07) is 5.35. The summed E-state index contributed by atoms with van der Waals surface area (Å²) in [5, 5.41) is 4.29. The Morgan fingerprint density at radius 3 is 2.73 bits per heavy atom. The Hall–Kier alpha value is -2.52. The molecule has 176 valence electrons. The van der Waals surface area contributed by atoms with Crippen LogP contribution in [-0.4, -0.2) is 34.4 Å². The molecule has 1 amide bonds. The highest BCUT2D eigenvalue weighted by Gasteiger charge is 2.23. The number of aryl methyl sites for hydroxylation is 2. The fraction of sp³-hybridized carbons (Fsp3) is 0.458. The SMILES string of the molecule is CCCn1c(SCC(=O)Nc2ccc(OCC)c(OCC)c2)nc2sc3c(c2c1=O)CCC3. The van der Waals surface area contributed by atoms with E-state index in [2.05, 4.69) is 5.32 Å². The molecule has 3 aromatic rings. The summed E-state index contributed by atoms with van der Waals surface area (Å²) in [6.07, 6.45) is 3.92. The molecule has 0 spiro atoms. The molecule has 33 heavy (non-hydrogen) atoms. The Labute approximate surface area is 201 Å². The summed E-state index contributed by atoms with van der Waals surface area (Å²) < 4.78 is 12.9. The number of nitrogens with one attached hydrogen (secondary N) is 1. The highest BCUT2D eigenvalue weighted by molar-refractivity contribution is 7.99. The van der Waals surface area contributed by atoms with E-state index in [4.69, 9.17) is 14.5 Å². The molecule has 0 atom stereocenters. The fourth-order valence-corrected chi connectivity index (χ4v) is 6.17. The molecular formula is C24H29N3O4S2. The van der Waals surface area contributed by atoms with Crippen LogP contribution in [0.5, 0.6) is 11.5 Å². The molecule has 0 aliphatic heterocycles. The second-order valence-electron chi connectivity index (χ2n) is 7.75. The molecule has 0 unspecified atom stereocenters. The number of carbonyl (C=O) groups excluding carboxylic acids is 1. The van der Waals surface area contributed by atoms with Crippen LogP contribution in [0, 0.1) is 0 Å². The first kappa shape index (κ1) is 23.6. The zero-order valence-electron chi connectivity index (χ0n) is 19.2. The van der Waals surface area contributed by atoms with E-state index in [1.807, 2.05) is 20.8 Å². The maximum Gasteiger partial charge on any atom is 0.263 e. The number of rotatable bonds is 10. The molecule has 0 fully saturated rings. The molecule has 9 heteroatoms. The lowest BCUT2D eigenvalue weighted by molar-refractivity contribution is -0.113. The summed E-state index contributed by atoms with van der Waals surface area (Å²) in [7, 11) is 0. The largest absolute Gasteiger partial charge is 0.490 e. The number of thioether (sulfide) groups is 1. The summed E-state index contributed by atoms with van der Waals surface area (Å²) in [4.78, 5) is 32.8. The second-order valence-corrected chi connectivity index (χ2v) is 9.78. The molecule has 2 heterocycles. The minimum atomic E-state index is -0.169. The van der Waals surface area contributed by atoms with Gasteiger partial charge in [-0.1, -0.05) is 18.7 Å². The van der Waals surface area contributed by atoms with Crippen LogP contribution in [0.4, 0.5) is 5.69 Å². The number of hydrogen-bond donors (Lipinski definition) is 1. The van der Waals surface area contributed by atoms with Crippen molar-refractivity contribution in [3.05, 3.63) is 39.0 Å². The van der Waals surface area contributed by atoms with Crippen LogP contribution < -0.4 is 20.3 Å². The van der Waals surface area contributed by atoms with Crippen LogP contribution in [0.25, 0.3) is 10.2 Å². The van der Waals surface area contributed by atoms with Gasteiger partial charge in [-0.05, 0) is 57.2 Å². The number of anilines is 1. The Bertz CT molecular complexity index is 1220. The number of fused-ring (bicyclic) bond motifs is 3. The van der Waals surface area contributed by atoms with E-state index in [0.29, 0.717) is 42.1 Å². The molecule has 0 bridgehead atoms. The molecule has 0 saturated heterocycles. The van der Waals surface area contributed by atoms with E-state index in [-0.39, 0.29) is 17.2 Å². The zero-order chi connectivity index (χ0) is 23.4. The third-order valence-electron chi connectivity index (χ3n) is 5.40. The van der Waals surface area contributed by atoms with Crippen molar-refractivity contribution in [2.45, 2.75) is 58.2 Å². The van der Waals surface area contributed by atoms with Gasteiger partial charge in [0.2, 0.25) is 5.91 Å². The van der Waals surface area contributed by atoms with Crippen molar-refractivity contribution >= 4 is 44.9 Å². The monoisotopic (exact) mass is 487 g/mol. The zero-order valence-corrected chi connectivity index (χ0v) is 20.9. The van der Waals surface area contributed by atoms with E-state index in [0.717, 1.165) is 35.9 Å². The van der Waals surface area contributed by atoms with Gasteiger partial charge in [-0.15, -0.1) is 11.3 Å². The number of nitrogens with zero attached hydrogens (tertiary/aromatic N) is 2. The Balaban J connectivity index is 1.51. The van der Waals surface area contributed by atoms with Gasteiger partial charge in [-0.25, -0.2) is 4.98 Å². The summed E-state index contributed by atoms with van der Waals surface area (Å²) in [5.41, 5.74) is 1.85. The van der Waals surface area contributed by atoms with Crippen molar-refractivity contribution in [2.75, 3.05) is 24.3 Å². The summed E-state index contributed by atoms with van der Waals surface area (Å²) in [5.74, 6) is 1.23. The first-order valence-corrected chi connectivity index (χ1v) is 13.2. The molecular weight excluding hydrogens is 458 g/mol. The van der Waals surface area contributed by atoms with Crippen LogP contribution >= 0.6 is 23.1 Å². The van der Waals surface area contributed by atoms with Gasteiger partial charge in [-0.2, -0.15) is 0 Å². The van der Waals surface area contributed by atoms with Crippen molar-refractivity contribution < 1.29 is 14.3 Å². The average Bonchev–Trinajstić information content (AvgIpc) is 3.37. The second kappa shape index (κ2) is 10.6. The molecule has 1 aromatic carbocycles. The van der Waals surface area contributed by atoms with Crippen LogP contribution in [0.15, 0.2) is 28.2 Å². The van der Waals surface area contributed by atoms with Gasteiger partial charge >= 0.3 is 0 Å². The van der Waals surface area contributed by atoms with Gasteiger partial charge in [-0.3, -0.25) is 14.2 Å². The summed E-state index contributed by atoms with van der Waals surface area (Å²) in [6.45, 7) is 7.48. The lowest BCUT2D eigenvalue weighted by Gasteiger charge is -2.13. The molecule has 4 rings (SSSR count). The lowest BCUT2D eigenvalue weighted by Crippen LogP contribution is -2.24. The van der Waals surface area contributed by atoms with Crippen LogP contribution in [-0.2, 0) is 24.2 Å². The van der Waals surface area contributed by atoms with Crippen molar-refractivity contribution in [1.82, 2.24) is 9.55 Å². The normalized spacial score (nSPS) is 12.7. The maximum absolute atomic E-state index is 13.3. The third-order valence-corrected chi connectivity index (χ3v) is 7.56. The molecule has 7 nitrogen and oxygen atoms in total. The topological polar surface area (TPSA) is 82.5 Å². The summed E-state index contributed by atoms with van der Waals surface area (Å²) >= 11 is 2.93. The van der Waals surface area contributed by atoms with Crippen molar-refractivity contribution in [3.63, 3.8) is 0 Å². The molecule has 1 N–H and O–H groups in total. The standard InChI is InChI=1S/C24H29N3O4S2/c1-4-12-27-23(29)21-16-8-7-9-19(16)33-22(21)26-24(27)32-14-20(28)25-15-10-11-17(30-5-2)18(13-15)31-6-3/h10-11,13H,4-9,12,14H2,1-3H3,(H,25,28). The maximum atomic E-state index is 13.3. The minimum Gasteiger partial charge on any atom is -0.490 e. The van der Waals surface area contributed by atoms with Gasteiger partial charge in [0.15, 0.2) is 16.7 Å². The van der Waals surface area contributed by atoms with E-state index in [1.54, 1.807) is 34.1 Å². The van der Waals surface area contributed by atoms with E-state index in [9.17, 15) is 9.59 Å². The van der Waals surface area contributed by atoms with Gasteiger partial charge in [0.25, 0.3) is 5.56 Å². The van der Waals surface area contributed by atoms with Crippen LogP contribution in [0.1, 0.15) is 44.1 Å². The van der Waals surface area contributed by atoms with Gasteiger partial charge in [0.05, 0.1) is 24.4 Å². The molecule has 2 aromatic heterocycles. The molecule has 1 aliphatic carbocycles. The number of ether oxygens (including phenoxy) is 2. The molecule has 0 saturated carbocycles. The fourth-order valence-electron chi connectivity index (χ4n) is 4.05. The minimum absolute atomic E-state index is 0.0250. The van der Waals surface area contributed by atoms with Crippen molar-refractivity contribution in [2.24, 2.45) is 0 Å². The van der Waals surface area contributed by atoms with Gasteiger partial charge in [0.1, 0.15) is 4.83 Å². The number of carbonyl (C=O) groups is 1. The Kier molecular flexibility index (Phi) is 7.60. The molecule has 1 aliphatic rings. The first-order valence-electron chi connectivity index (χ1n) is 11.4. The lowest BCUT2D eigenvalue weighted by atomic mass is 10.2. The Morgan fingerprint density at radius 1 is 1.18 bits per heavy atom. The molecule has 0 radical (unpaired) electrons. The predicted molar refractivity (Wildman–Crippen MR) is 134 cm³/mol. The van der Waals surface area contributed by atoms with Gasteiger partial charge in [0, 0.05) is 23.2 Å². The predicted octanol–water partition coefficient (Wildman–Crippen LogP) is 4.88. The smallest absolute Gasteiger partial charge is 0.263 e. The third kappa shape index (κ3) is 5.04. The highest BCUT2D eigenvalue weighted by Crippen LogP contribution is 2.36. The Morgan fingerprint density at radius 2 is 1.97 bits per heavy atom. The number of benzene rings is 1. The number of hydrogen-bond acceptors (Lipinski definition) is 7. The van der Waals surface area contributed by atoms with E-state index in [1.165, 1.54) is 22.2 Å². The average molecular weight is 488 g/mol. The van der Waals surface area contributed by atoms with Crippen LogP contribution in [0.3, 0.4) is 0 Å². The first-order chi connectivity index (χ1) is 16.0. The van der Waals surface area contributed by atoms with E-state index >= 15 is 0 Å². The van der Waals surface area contributed by atoms with Gasteiger partial charge < -0.3 is 14.8 Å². The number of thiophene rings is 1.